The minimum Gasteiger partial charge on any atom is -0.352 e. The van der Waals surface area contributed by atoms with Crippen molar-refractivity contribution in [1.82, 2.24) is 5.32 Å². The summed E-state index contributed by atoms with van der Waals surface area (Å²) in [5.74, 6) is -0.942. The maximum absolute atomic E-state index is 13.1. The van der Waals surface area contributed by atoms with E-state index in [1.165, 1.54) is 12.1 Å². The van der Waals surface area contributed by atoms with E-state index in [1.54, 1.807) is 17.0 Å². The highest BCUT2D eigenvalue weighted by Crippen LogP contribution is 2.24. The number of amides is 2. The fourth-order valence-electron chi connectivity index (χ4n) is 2.72. The first-order chi connectivity index (χ1) is 11.1. The van der Waals surface area contributed by atoms with Gasteiger partial charge in [-0.25, -0.2) is 4.39 Å². The molecule has 2 aromatic carbocycles. The zero-order valence-corrected chi connectivity index (χ0v) is 12.5. The van der Waals surface area contributed by atoms with Gasteiger partial charge < -0.3 is 10.2 Å². The SMILES string of the molecule is O=C(NCc1cccc(F)c1)[C@H]1CC(=O)N(c2ccccc2)C1. The van der Waals surface area contributed by atoms with Crippen molar-refractivity contribution in [2.45, 2.75) is 13.0 Å². The van der Waals surface area contributed by atoms with E-state index in [9.17, 15) is 14.0 Å². The second kappa shape index (κ2) is 6.60. The molecule has 1 heterocycles. The number of nitrogens with one attached hydrogen (secondary N) is 1. The molecule has 3 rings (SSSR count). The average molecular weight is 312 g/mol. The van der Waals surface area contributed by atoms with E-state index >= 15 is 0 Å². The molecule has 0 spiro atoms. The first-order valence-corrected chi connectivity index (χ1v) is 7.51. The standard InChI is InChI=1S/C18H17FN2O2/c19-15-6-4-5-13(9-15)11-20-18(23)14-10-17(22)21(12-14)16-7-2-1-3-8-16/h1-9,14H,10-12H2,(H,20,23)/t14-/m0/s1. The molecule has 1 aliphatic rings. The van der Waals surface area contributed by atoms with E-state index < -0.39 is 0 Å². The van der Waals surface area contributed by atoms with Gasteiger partial charge in [-0.1, -0.05) is 30.3 Å². The summed E-state index contributed by atoms with van der Waals surface area (Å²) < 4.78 is 13.1. The number of halogens is 1. The van der Waals surface area contributed by atoms with Gasteiger partial charge in [0.2, 0.25) is 11.8 Å². The molecule has 0 radical (unpaired) electrons. The van der Waals surface area contributed by atoms with Crippen molar-refractivity contribution < 1.29 is 14.0 Å². The first-order valence-electron chi connectivity index (χ1n) is 7.51. The van der Waals surface area contributed by atoms with E-state index in [0.29, 0.717) is 12.1 Å². The molecule has 0 aliphatic carbocycles. The maximum atomic E-state index is 13.1. The van der Waals surface area contributed by atoms with Crippen molar-refractivity contribution in [2.24, 2.45) is 5.92 Å². The van der Waals surface area contributed by atoms with Gasteiger partial charge in [0.15, 0.2) is 0 Å². The molecule has 23 heavy (non-hydrogen) atoms. The molecule has 0 unspecified atom stereocenters. The number of benzene rings is 2. The molecule has 118 valence electrons. The number of para-hydroxylation sites is 1. The zero-order chi connectivity index (χ0) is 16.2. The lowest BCUT2D eigenvalue weighted by Crippen LogP contribution is -2.32. The average Bonchev–Trinajstić information content (AvgIpc) is 2.95. The van der Waals surface area contributed by atoms with Crippen LogP contribution in [0.15, 0.2) is 54.6 Å². The molecule has 4 nitrogen and oxygen atoms in total. The van der Waals surface area contributed by atoms with Crippen molar-refractivity contribution in [3.63, 3.8) is 0 Å². The third-order valence-electron chi connectivity index (χ3n) is 3.92. The minimum absolute atomic E-state index is 0.0536. The summed E-state index contributed by atoms with van der Waals surface area (Å²) in [6.07, 6.45) is 0.198. The van der Waals surface area contributed by atoms with E-state index in [0.717, 1.165) is 5.69 Å². The lowest BCUT2D eigenvalue weighted by Gasteiger charge is -2.16. The van der Waals surface area contributed by atoms with Crippen LogP contribution in [0.25, 0.3) is 0 Å². The predicted molar refractivity (Wildman–Crippen MR) is 85.1 cm³/mol. The summed E-state index contributed by atoms with van der Waals surface area (Å²) in [6.45, 7) is 0.629. The fourth-order valence-corrected chi connectivity index (χ4v) is 2.72. The molecular weight excluding hydrogens is 295 g/mol. The van der Waals surface area contributed by atoms with Crippen LogP contribution in [-0.4, -0.2) is 18.4 Å². The summed E-state index contributed by atoms with van der Waals surface area (Å²) in [5.41, 5.74) is 1.50. The Morgan fingerprint density at radius 2 is 1.96 bits per heavy atom. The van der Waals surface area contributed by atoms with Crippen molar-refractivity contribution in [2.75, 3.05) is 11.4 Å². The summed E-state index contributed by atoms with van der Waals surface area (Å²) >= 11 is 0. The Hall–Kier alpha value is -2.69. The largest absolute Gasteiger partial charge is 0.352 e. The molecule has 1 fully saturated rings. The number of anilines is 1. The second-order valence-electron chi connectivity index (χ2n) is 5.59. The maximum Gasteiger partial charge on any atom is 0.227 e. The van der Waals surface area contributed by atoms with Gasteiger partial charge in [0.1, 0.15) is 5.82 Å². The third kappa shape index (κ3) is 3.56. The minimum atomic E-state index is -0.378. The van der Waals surface area contributed by atoms with Gasteiger partial charge in [0.25, 0.3) is 0 Å². The van der Waals surface area contributed by atoms with Crippen LogP contribution >= 0.6 is 0 Å². The molecular formula is C18H17FN2O2. The van der Waals surface area contributed by atoms with Crippen molar-refractivity contribution in [3.8, 4) is 0 Å². The molecule has 2 amide bonds. The van der Waals surface area contributed by atoms with Crippen molar-refractivity contribution in [3.05, 3.63) is 66.0 Å². The number of rotatable bonds is 4. The van der Waals surface area contributed by atoms with Crippen LogP contribution in [0.2, 0.25) is 0 Å². The first kappa shape index (κ1) is 15.2. The molecule has 0 bridgehead atoms. The Labute approximate surface area is 133 Å². The Morgan fingerprint density at radius 3 is 2.70 bits per heavy atom. The molecule has 0 saturated carbocycles. The van der Waals surface area contributed by atoms with Crippen LogP contribution in [-0.2, 0) is 16.1 Å². The molecule has 1 saturated heterocycles. The topological polar surface area (TPSA) is 49.4 Å². The van der Waals surface area contributed by atoms with Crippen LogP contribution in [0.5, 0.6) is 0 Å². The van der Waals surface area contributed by atoms with E-state index in [4.69, 9.17) is 0 Å². The number of hydrogen-bond acceptors (Lipinski definition) is 2. The van der Waals surface area contributed by atoms with Gasteiger partial charge in [-0.15, -0.1) is 0 Å². The van der Waals surface area contributed by atoms with Crippen LogP contribution in [0.1, 0.15) is 12.0 Å². The van der Waals surface area contributed by atoms with Gasteiger partial charge in [-0.05, 0) is 29.8 Å². The number of carbonyl (C=O) groups excluding carboxylic acids is 2. The summed E-state index contributed by atoms with van der Waals surface area (Å²) in [6, 6.07) is 15.4. The molecule has 1 atom stereocenters. The molecule has 5 heteroatoms. The number of nitrogens with zero attached hydrogens (tertiary/aromatic N) is 1. The van der Waals surface area contributed by atoms with Crippen LogP contribution in [0, 0.1) is 11.7 Å². The number of hydrogen-bond donors (Lipinski definition) is 1. The van der Waals surface area contributed by atoms with Gasteiger partial charge in [-0.3, -0.25) is 9.59 Å². The Kier molecular flexibility index (Phi) is 4.37. The van der Waals surface area contributed by atoms with Crippen molar-refractivity contribution in [1.29, 1.82) is 0 Å². The van der Waals surface area contributed by atoms with E-state index in [2.05, 4.69) is 5.32 Å². The van der Waals surface area contributed by atoms with Crippen LogP contribution in [0.4, 0.5) is 10.1 Å². The van der Waals surface area contributed by atoms with Crippen LogP contribution < -0.4 is 10.2 Å². The third-order valence-corrected chi connectivity index (χ3v) is 3.92. The molecule has 1 aliphatic heterocycles. The Morgan fingerprint density at radius 1 is 1.17 bits per heavy atom. The number of carbonyl (C=O) groups is 2. The quantitative estimate of drug-likeness (QED) is 0.943. The van der Waals surface area contributed by atoms with E-state index in [-0.39, 0.29) is 36.5 Å². The van der Waals surface area contributed by atoms with Gasteiger partial charge in [0.05, 0.1) is 5.92 Å². The second-order valence-corrected chi connectivity index (χ2v) is 5.59. The fraction of sp³-hybridized carbons (Fsp3) is 0.222. The molecule has 2 aromatic rings. The molecule has 0 aromatic heterocycles. The zero-order valence-electron chi connectivity index (χ0n) is 12.5. The summed E-state index contributed by atoms with van der Waals surface area (Å²) in [4.78, 5) is 26.0. The predicted octanol–water partition coefficient (Wildman–Crippen LogP) is 2.50. The normalized spacial score (nSPS) is 17.3. The Bertz CT molecular complexity index is 718. The molecule has 1 N–H and O–H groups in total. The highest BCUT2D eigenvalue weighted by atomic mass is 19.1. The lowest BCUT2D eigenvalue weighted by atomic mass is 10.1. The van der Waals surface area contributed by atoms with Gasteiger partial charge >= 0.3 is 0 Å². The van der Waals surface area contributed by atoms with Gasteiger partial charge in [-0.2, -0.15) is 0 Å². The van der Waals surface area contributed by atoms with Gasteiger partial charge in [0, 0.05) is 25.2 Å². The lowest BCUT2D eigenvalue weighted by molar-refractivity contribution is -0.126. The highest BCUT2D eigenvalue weighted by Gasteiger charge is 2.34. The summed E-state index contributed by atoms with van der Waals surface area (Å²) in [5, 5.41) is 2.78. The van der Waals surface area contributed by atoms with Crippen molar-refractivity contribution >= 4 is 17.5 Å². The summed E-state index contributed by atoms with van der Waals surface area (Å²) in [7, 11) is 0. The monoisotopic (exact) mass is 312 g/mol. The van der Waals surface area contributed by atoms with E-state index in [1.807, 2.05) is 30.3 Å². The highest BCUT2D eigenvalue weighted by molar-refractivity contribution is 6.00. The van der Waals surface area contributed by atoms with Crippen LogP contribution in [0.3, 0.4) is 0 Å². The Balaban J connectivity index is 1.60. The smallest absolute Gasteiger partial charge is 0.227 e.